The highest BCUT2D eigenvalue weighted by atomic mass is 19.1. The predicted octanol–water partition coefficient (Wildman–Crippen LogP) is 4.43. The second-order valence-corrected chi connectivity index (χ2v) is 6.32. The van der Waals surface area contributed by atoms with E-state index in [4.69, 9.17) is 4.74 Å². The third-order valence-electron chi connectivity index (χ3n) is 4.09. The largest absolute Gasteiger partial charge is 0.421 e. The average Bonchev–Trinajstić information content (AvgIpc) is 3.07. The number of ether oxygens (including phenoxy) is 1. The summed E-state index contributed by atoms with van der Waals surface area (Å²) in [6.07, 6.45) is 0. The van der Waals surface area contributed by atoms with Crippen molar-refractivity contribution in [3.63, 3.8) is 0 Å². The zero-order chi connectivity index (χ0) is 20.7. The number of benzene rings is 2. The van der Waals surface area contributed by atoms with Crippen LogP contribution in [-0.4, -0.2) is 34.3 Å². The van der Waals surface area contributed by atoms with Crippen LogP contribution in [-0.2, 0) is 0 Å². The second-order valence-electron chi connectivity index (χ2n) is 6.32. The lowest BCUT2D eigenvalue weighted by atomic mass is 10.1. The minimum absolute atomic E-state index is 0.0823. The molecule has 2 aromatic heterocycles. The van der Waals surface area contributed by atoms with E-state index >= 15 is 0 Å². The third kappa shape index (κ3) is 3.44. The molecule has 0 amide bonds. The number of hydrogen-bond acceptors (Lipinski definition) is 5. The minimum Gasteiger partial charge on any atom is -0.421 e. The van der Waals surface area contributed by atoms with Crippen molar-refractivity contribution in [2.24, 2.45) is 0 Å². The molecule has 10 heteroatoms. The lowest BCUT2D eigenvalue weighted by Gasteiger charge is -2.14. The molecule has 29 heavy (non-hydrogen) atoms. The molecule has 0 saturated heterocycles. The Morgan fingerprint density at radius 3 is 2.24 bits per heavy atom. The molecule has 0 aliphatic carbocycles. The quantitative estimate of drug-likeness (QED) is 0.511. The molecule has 0 atom stereocenters. The van der Waals surface area contributed by atoms with Crippen LogP contribution in [0.1, 0.15) is 0 Å². The number of aromatic nitrogens is 4. The van der Waals surface area contributed by atoms with Gasteiger partial charge in [-0.1, -0.05) is 0 Å². The smallest absolute Gasteiger partial charge is 0.326 e. The van der Waals surface area contributed by atoms with Gasteiger partial charge in [-0.25, -0.2) is 17.6 Å². The summed E-state index contributed by atoms with van der Waals surface area (Å²) in [5.74, 6) is -3.13. The van der Waals surface area contributed by atoms with Crippen molar-refractivity contribution in [2.45, 2.75) is 0 Å². The first-order chi connectivity index (χ1) is 13.8. The van der Waals surface area contributed by atoms with Crippen LogP contribution in [0.4, 0.5) is 23.4 Å². The van der Waals surface area contributed by atoms with Crippen LogP contribution in [0.2, 0.25) is 0 Å². The number of nitrogens with zero attached hydrogens (tertiary/aromatic N) is 4. The van der Waals surface area contributed by atoms with E-state index in [1.807, 2.05) is 0 Å². The van der Waals surface area contributed by atoms with E-state index < -0.39 is 23.3 Å². The Morgan fingerprint density at radius 2 is 1.59 bits per heavy atom. The SMILES string of the molecule is CN(C)c1nc(Oc2ccc(F)cc2F)nc2n[nH]c(-c3ccc(F)cc3F)c12. The van der Waals surface area contributed by atoms with Crippen molar-refractivity contribution >= 4 is 16.9 Å². The highest BCUT2D eigenvalue weighted by Crippen LogP contribution is 2.35. The molecule has 0 spiro atoms. The fraction of sp³-hybridized carbons (Fsp3) is 0.105. The summed E-state index contributed by atoms with van der Waals surface area (Å²) in [7, 11) is 3.36. The lowest BCUT2D eigenvalue weighted by Crippen LogP contribution is -2.12. The van der Waals surface area contributed by atoms with Gasteiger partial charge in [-0.2, -0.15) is 15.1 Å². The Kier molecular flexibility index (Phi) is 4.53. The van der Waals surface area contributed by atoms with Crippen molar-refractivity contribution in [1.82, 2.24) is 20.2 Å². The summed E-state index contributed by atoms with van der Waals surface area (Å²) < 4.78 is 59.9. The molecular formula is C19H13F4N5O. The number of nitrogens with one attached hydrogen (secondary N) is 1. The number of H-pyrrole nitrogens is 1. The molecule has 0 bridgehead atoms. The van der Waals surface area contributed by atoms with Crippen LogP contribution in [0, 0.1) is 23.3 Å². The molecule has 148 valence electrons. The van der Waals surface area contributed by atoms with Crippen LogP contribution in [0.25, 0.3) is 22.3 Å². The molecule has 0 radical (unpaired) electrons. The molecular weight excluding hydrogens is 390 g/mol. The van der Waals surface area contributed by atoms with E-state index in [0.717, 1.165) is 24.3 Å². The Bertz CT molecular complexity index is 1220. The topological polar surface area (TPSA) is 66.9 Å². The van der Waals surface area contributed by atoms with Gasteiger partial charge in [0.25, 0.3) is 0 Å². The number of hydrogen-bond donors (Lipinski definition) is 1. The van der Waals surface area contributed by atoms with Crippen molar-refractivity contribution < 1.29 is 22.3 Å². The number of anilines is 1. The van der Waals surface area contributed by atoms with Crippen LogP contribution in [0.5, 0.6) is 11.8 Å². The molecule has 2 aromatic carbocycles. The van der Waals surface area contributed by atoms with Gasteiger partial charge < -0.3 is 9.64 Å². The maximum Gasteiger partial charge on any atom is 0.326 e. The van der Waals surface area contributed by atoms with E-state index in [0.29, 0.717) is 17.3 Å². The summed E-state index contributed by atoms with van der Waals surface area (Å²) in [5.41, 5.74) is 0.458. The number of halogens is 4. The highest BCUT2D eigenvalue weighted by molar-refractivity contribution is 5.99. The van der Waals surface area contributed by atoms with Crippen LogP contribution in [0.15, 0.2) is 36.4 Å². The molecule has 0 aliphatic heterocycles. The predicted molar refractivity (Wildman–Crippen MR) is 97.8 cm³/mol. The maximum atomic E-state index is 14.3. The number of aromatic amines is 1. The van der Waals surface area contributed by atoms with Gasteiger partial charge >= 0.3 is 6.01 Å². The summed E-state index contributed by atoms with van der Waals surface area (Å²) in [4.78, 5) is 9.96. The van der Waals surface area contributed by atoms with Gasteiger partial charge in [0.1, 0.15) is 23.3 Å². The molecule has 0 aliphatic rings. The van der Waals surface area contributed by atoms with Crippen LogP contribution >= 0.6 is 0 Å². The zero-order valence-corrected chi connectivity index (χ0v) is 15.2. The van der Waals surface area contributed by atoms with Gasteiger partial charge in [-0.15, -0.1) is 0 Å². The van der Waals surface area contributed by atoms with Crippen molar-refractivity contribution in [2.75, 3.05) is 19.0 Å². The highest BCUT2D eigenvalue weighted by Gasteiger charge is 2.21. The van der Waals surface area contributed by atoms with Gasteiger partial charge in [-0.05, 0) is 24.3 Å². The van der Waals surface area contributed by atoms with Gasteiger partial charge in [0.2, 0.25) is 0 Å². The summed E-state index contributed by atoms with van der Waals surface area (Å²) in [6.45, 7) is 0. The molecule has 1 N–H and O–H groups in total. The van der Waals surface area contributed by atoms with E-state index in [1.54, 1.807) is 19.0 Å². The van der Waals surface area contributed by atoms with Crippen LogP contribution < -0.4 is 9.64 Å². The normalized spacial score (nSPS) is 11.1. The fourth-order valence-electron chi connectivity index (χ4n) is 2.80. The molecule has 0 fully saturated rings. The second kappa shape index (κ2) is 7.04. The minimum atomic E-state index is -0.920. The van der Waals surface area contributed by atoms with Gasteiger partial charge in [0.15, 0.2) is 17.2 Å². The Hall–Kier alpha value is -3.69. The van der Waals surface area contributed by atoms with Crippen molar-refractivity contribution in [1.29, 1.82) is 0 Å². The Morgan fingerprint density at radius 1 is 0.897 bits per heavy atom. The molecule has 4 aromatic rings. The van der Waals surface area contributed by atoms with E-state index in [2.05, 4.69) is 20.2 Å². The summed E-state index contributed by atoms with van der Waals surface area (Å²) >= 11 is 0. The number of rotatable bonds is 4. The Balaban J connectivity index is 1.85. The first-order valence-corrected chi connectivity index (χ1v) is 8.35. The first-order valence-electron chi connectivity index (χ1n) is 8.35. The summed E-state index contributed by atoms with van der Waals surface area (Å²) in [5, 5.41) is 7.09. The van der Waals surface area contributed by atoms with E-state index in [1.165, 1.54) is 6.07 Å². The van der Waals surface area contributed by atoms with Crippen LogP contribution in [0.3, 0.4) is 0 Å². The van der Waals surface area contributed by atoms with E-state index in [-0.39, 0.29) is 28.7 Å². The van der Waals surface area contributed by atoms with E-state index in [9.17, 15) is 17.6 Å². The van der Waals surface area contributed by atoms with Gasteiger partial charge in [0, 0.05) is 31.8 Å². The molecule has 0 unspecified atom stereocenters. The van der Waals surface area contributed by atoms with Gasteiger partial charge in [-0.3, -0.25) is 5.10 Å². The number of fused-ring (bicyclic) bond motifs is 1. The van der Waals surface area contributed by atoms with Crippen molar-refractivity contribution in [3.8, 4) is 23.0 Å². The Labute approximate surface area is 161 Å². The third-order valence-corrected chi connectivity index (χ3v) is 4.09. The average molecular weight is 403 g/mol. The standard InChI is InChI=1S/C19H13F4N5O/c1-28(2)18-15-16(11-5-3-9(20)7-12(11)22)26-27-17(15)24-19(25-18)29-14-6-4-10(21)8-13(14)23/h3-8H,1-2H3,(H,24,25,26,27). The van der Waals surface area contributed by atoms with Gasteiger partial charge in [0.05, 0.1) is 11.1 Å². The molecule has 2 heterocycles. The zero-order valence-electron chi connectivity index (χ0n) is 15.2. The summed E-state index contributed by atoms with van der Waals surface area (Å²) in [6, 6.07) is 5.73. The fourth-order valence-corrected chi connectivity index (χ4v) is 2.80. The lowest BCUT2D eigenvalue weighted by molar-refractivity contribution is 0.409. The first kappa shape index (κ1) is 18.7. The monoisotopic (exact) mass is 403 g/mol. The van der Waals surface area contributed by atoms with Crippen molar-refractivity contribution in [3.05, 3.63) is 59.7 Å². The molecule has 4 rings (SSSR count). The maximum absolute atomic E-state index is 14.3. The molecule has 6 nitrogen and oxygen atoms in total. The molecule has 0 saturated carbocycles.